The van der Waals surface area contributed by atoms with Gasteiger partial charge in [-0.25, -0.2) is 4.79 Å². The highest BCUT2D eigenvalue weighted by molar-refractivity contribution is 6.55. The Kier molecular flexibility index (Phi) is 8.70. The predicted molar refractivity (Wildman–Crippen MR) is 136 cm³/mol. The number of carbonyl (C=O) groups is 4. The summed E-state index contributed by atoms with van der Waals surface area (Å²) in [7, 11) is 0. The number of hydrogen-bond donors (Lipinski definition) is 1. The number of anilines is 1. The molecule has 1 atom stereocenters. The van der Waals surface area contributed by atoms with Gasteiger partial charge in [0, 0.05) is 5.69 Å². The Bertz CT molecular complexity index is 1160. The number of nitrogens with one attached hydrogen (secondary N) is 1. The molecule has 0 aromatic heterocycles. The Morgan fingerprint density at radius 3 is 1.91 bits per heavy atom. The molecule has 0 saturated carbocycles. The largest absolute Gasteiger partial charge is 0.454 e. The molecule has 1 N–H and O–H groups in total. The number of hydrogen-bond acceptors (Lipinski definition) is 5. The van der Waals surface area contributed by atoms with Crippen LogP contribution in [0.1, 0.15) is 58.0 Å². The summed E-state index contributed by atoms with van der Waals surface area (Å²) in [5.74, 6) is -3.15. The Balaban J connectivity index is 1.81. The van der Waals surface area contributed by atoms with Crippen LogP contribution in [0.2, 0.25) is 20.1 Å². The molecule has 1 aliphatic heterocycles. The third-order valence-electron chi connectivity index (χ3n) is 5.40. The molecule has 2 aromatic carbocycles. The summed E-state index contributed by atoms with van der Waals surface area (Å²) in [6, 6.07) is 4.22. The smallest absolute Gasteiger partial charge is 0.329 e. The number of carbonyl (C=O) groups excluding carboxylic acids is 4. The van der Waals surface area contributed by atoms with Crippen LogP contribution in [-0.2, 0) is 14.3 Å². The van der Waals surface area contributed by atoms with Gasteiger partial charge in [-0.15, -0.1) is 0 Å². The van der Waals surface area contributed by atoms with Crippen LogP contribution in [0, 0.1) is 13.8 Å². The summed E-state index contributed by atoms with van der Waals surface area (Å²) in [4.78, 5) is 52.4. The first-order valence-corrected chi connectivity index (χ1v) is 12.3. The van der Waals surface area contributed by atoms with Crippen LogP contribution >= 0.6 is 46.4 Å². The molecule has 1 aliphatic rings. The van der Waals surface area contributed by atoms with Crippen molar-refractivity contribution in [2.45, 2.75) is 46.1 Å². The Labute approximate surface area is 222 Å². The second-order valence-corrected chi connectivity index (χ2v) is 9.69. The van der Waals surface area contributed by atoms with Crippen molar-refractivity contribution in [1.29, 1.82) is 0 Å². The van der Waals surface area contributed by atoms with E-state index in [1.807, 2.05) is 26.8 Å². The van der Waals surface area contributed by atoms with Gasteiger partial charge in [0.25, 0.3) is 17.7 Å². The van der Waals surface area contributed by atoms with Crippen LogP contribution in [0.4, 0.5) is 5.69 Å². The summed E-state index contributed by atoms with van der Waals surface area (Å²) in [6.07, 6.45) is 1.31. The fourth-order valence-electron chi connectivity index (χ4n) is 3.88. The molecule has 0 aliphatic carbocycles. The highest BCUT2D eigenvalue weighted by atomic mass is 35.5. The van der Waals surface area contributed by atoms with E-state index in [4.69, 9.17) is 51.1 Å². The highest BCUT2D eigenvalue weighted by Crippen LogP contribution is 2.45. The first-order chi connectivity index (χ1) is 16.5. The number of unbranched alkanes of at least 4 members (excludes halogenated alkanes) is 1. The second-order valence-electron chi connectivity index (χ2n) is 8.18. The molecule has 0 fully saturated rings. The van der Waals surface area contributed by atoms with Crippen LogP contribution in [0.15, 0.2) is 18.2 Å². The Morgan fingerprint density at radius 1 is 0.914 bits per heavy atom. The molecule has 3 amide bonds. The van der Waals surface area contributed by atoms with E-state index in [9.17, 15) is 19.2 Å². The summed E-state index contributed by atoms with van der Waals surface area (Å²) in [6.45, 7) is 5.07. The minimum absolute atomic E-state index is 0.121. The Hall–Kier alpha value is -2.32. The molecule has 7 nitrogen and oxygen atoms in total. The van der Waals surface area contributed by atoms with Crippen LogP contribution < -0.4 is 5.32 Å². The number of halogens is 4. The van der Waals surface area contributed by atoms with Crippen LogP contribution in [-0.4, -0.2) is 41.2 Å². The third-order valence-corrected chi connectivity index (χ3v) is 7.20. The van der Waals surface area contributed by atoms with E-state index in [1.54, 1.807) is 12.1 Å². The number of aryl methyl sites for hydroxylation is 2. The molecule has 1 heterocycles. The van der Waals surface area contributed by atoms with Crippen LogP contribution in [0.5, 0.6) is 0 Å². The molecule has 2 aromatic rings. The number of esters is 1. The molecular formula is C24H22Cl4N2O5. The molecule has 0 radical (unpaired) electrons. The fraction of sp³-hybridized carbons (Fsp3) is 0.333. The van der Waals surface area contributed by atoms with E-state index in [0.29, 0.717) is 18.5 Å². The quantitative estimate of drug-likeness (QED) is 0.178. The zero-order valence-corrected chi connectivity index (χ0v) is 22.2. The van der Waals surface area contributed by atoms with Gasteiger partial charge in [-0.3, -0.25) is 19.3 Å². The molecule has 11 heteroatoms. The monoisotopic (exact) mass is 558 g/mol. The van der Waals surface area contributed by atoms with Gasteiger partial charge < -0.3 is 10.1 Å². The third kappa shape index (κ3) is 5.59. The van der Waals surface area contributed by atoms with Crippen molar-refractivity contribution < 1.29 is 23.9 Å². The molecule has 35 heavy (non-hydrogen) atoms. The minimum Gasteiger partial charge on any atom is -0.454 e. The van der Waals surface area contributed by atoms with Gasteiger partial charge in [-0.2, -0.15) is 0 Å². The summed E-state index contributed by atoms with van der Waals surface area (Å²) in [5.41, 5.74) is 2.03. The lowest BCUT2D eigenvalue weighted by Crippen LogP contribution is -2.46. The molecule has 0 unspecified atom stereocenters. The Morgan fingerprint density at radius 2 is 1.43 bits per heavy atom. The first kappa shape index (κ1) is 27.3. The summed E-state index contributed by atoms with van der Waals surface area (Å²) >= 11 is 24.5. The van der Waals surface area contributed by atoms with E-state index in [-0.39, 0.29) is 37.6 Å². The van der Waals surface area contributed by atoms with Gasteiger partial charge in [0.1, 0.15) is 6.04 Å². The van der Waals surface area contributed by atoms with Gasteiger partial charge in [0.05, 0.1) is 31.2 Å². The maximum atomic E-state index is 13.2. The average molecular weight is 560 g/mol. The standard InChI is InChI=1S/C24H22Cl4N2O5/c1-4-5-6-14(24(34)35-10-15(31)29-13-8-11(2)7-12(3)9-13)30-22(32)16-17(23(30)33)19(26)21(28)20(27)18(16)25/h7-9,14H,4-6,10H2,1-3H3,(H,29,31)/t14-/m1/s1. The van der Waals surface area contributed by atoms with E-state index < -0.39 is 36.3 Å². The molecule has 0 spiro atoms. The lowest BCUT2D eigenvalue weighted by atomic mass is 10.1. The van der Waals surface area contributed by atoms with E-state index in [0.717, 1.165) is 16.0 Å². The summed E-state index contributed by atoms with van der Waals surface area (Å²) < 4.78 is 5.20. The van der Waals surface area contributed by atoms with E-state index in [1.165, 1.54) is 0 Å². The molecule has 3 rings (SSSR count). The number of imide groups is 1. The number of amides is 3. The van der Waals surface area contributed by atoms with Gasteiger partial charge >= 0.3 is 5.97 Å². The number of nitrogens with zero attached hydrogens (tertiary/aromatic N) is 1. The molecule has 186 valence electrons. The number of fused-ring (bicyclic) bond motifs is 1. The van der Waals surface area contributed by atoms with Crippen molar-refractivity contribution in [2.75, 3.05) is 11.9 Å². The zero-order chi connectivity index (χ0) is 26.0. The normalized spacial score (nSPS) is 13.6. The fourth-order valence-corrected chi connectivity index (χ4v) is 4.89. The maximum Gasteiger partial charge on any atom is 0.329 e. The lowest BCUT2D eigenvalue weighted by molar-refractivity contribution is -0.151. The molecule has 0 bridgehead atoms. The van der Waals surface area contributed by atoms with Gasteiger partial charge in [-0.05, 0) is 43.5 Å². The summed E-state index contributed by atoms with van der Waals surface area (Å²) in [5, 5.41) is 1.86. The van der Waals surface area contributed by atoms with E-state index >= 15 is 0 Å². The minimum atomic E-state index is -1.29. The number of rotatable bonds is 8. The average Bonchev–Trinajstić information content (AvgIpc) is 3.05. The van der Waals surface area contributed by atoms with Crippen molar-refractivity contribution in [3.05, 3.63) is 60.5 Å². The topological polar surface area (TPSA) is 92.8 Å². The van der Waals surface area contributed by atoms with Crippen molar-refractivity contribution in [3.8, 4) is 0 Å². The first-order valence-electron chi connectivity index (χ1n) is 10.8. The SMILES string of the molecule is CCCC[C@H](C(=O)OCC(=O)Nc1cc(C)cc(C)c1)N1C(=O)c2c(Cl)c(Cl)c(Cl)c(Cl)c2C1=O. The maximum absolute atomic E-state index is 13.2. The molecule has 0 saturated heterocycles. The van der Waals surface area contributed by atoms with E-state index in [2.05, 4.69) is 5.32 Å². The van der Waals surface area contributed by atoms with Crippen molar-refractivity contribution in [2.24, 2.45) is 0 Å². The predicted octanol–water partition coefficient (Wildman–Crippen LogP) is 6.25. The van der Waals surface area contributed by atoms with Crippen LogP contribution in [0.25, 0.3) is 0 Å². The molecular weight excluding hydrogens is 538 g/mol. The van der Waals surface area contributed by atoms with Crippen molar-refractivity contribution in [1.82, 2.24) is 4.90 Å². The second kappa shape index (κ2) is 11.2. The van der Waals surface area contributed by atoms with Crippen LogP contribution in [0.3, 0.4) is 0 Å². The zero-order valence-electron chi connectivity index (χ0n) is 19.1. The van der Waals surface area contributed by atoms with Gasteiger partial charge in [0.2, 0.25) is 0 Å². The lowest BCUT2D eigenvalue weighted by Gasteiger charge is -2.24. The van der Waals surface area contributed by atoms with Gasteiger partial charge in [-0.1, -0.05) is 72.2 Å². The van der Waals surface area contributed by atoms with Gasteiger partial charge in [0.15, 0.2) is 6.61 Å². The highest BCUT2D eigenvalue weighted by Gasteiger charge is 2.47. The van der Waals surface area contributed by atoms with Crippen molar-refractivity contribution in [3.63, 3.8) is 0 Å². The number of benzene rings is 2. The number of ether oxygens (including phenoxy) is 1. The van der Waals surface area contributed by atoms with Crippen molar-refractivity contribution >= 4 is 75.8 Å².